The fourth-order valence-corrected chi connectivity index (χ4v) is 3.60. The largest absolute Gasteiger partial charge is 0.497 e. The van der Waals surface area contributed by atoms with Crippen LogP contribution < -0.4 is 14.2 Å². The first-order valence-corrected chi connectivity index (χ1v) is 9.42. The number of ketones is 1. The van der Waals surface area contributed by atoms with Crippen LogP contribution in [-0.2, 0) is 0 Å². The van der Waals surface area contributed by atoms with Gasteiger partial charge in [0.25, 0.3) is 0 Å². The van der Waals surface area contributed by atoms with E-state index in [0.29, 0.717) is 33.9 Å². The van der Waals surface area contributed by atoms with Gasteiger partial charge < -0.3 is 14.2 Å². The van der Waals surface area contributed by atoms with Crippen molar-refractivity contribution in [1.82, 2.24) is 0 Å². The second-order valence-corrected chi connectivity index (χ2v) is 7.17. The van der Waals surface area contributed by atoms with Crippen molar-refractivity contribution in [2.75, 3.05) is 7.11 Å². The van der Waals surface area contributed by atoms with E-state index in [1.807, 2.05) is 17.5 Å². The van der Waals surface area contributed by atoms with Crippen LogP contribution in [0, 0.1) is 6.92 Å². The molecule has 0 spiro atoms. The Morgan fingerprint density at radius 1 is 1.11 bits per heavy atom. The summed E-state index contributed by atoms with van der Waals surface area (Å²) in [4.78, 5) is 26.0. The van der Waals surface area contributed by atoms with Crippen LogP contribution in [0.15, 0.2) is 59.7 Å². The van der Waals surface area contributed by atoms with Crippen molar-refractivity contribution >= 4 is 29.2 Å². The first-order valence-electron chi connectivity index (χ1n) is 8.54. The number of thiophene rings is 1. The number of ether oxygens (including phenoxy) is 3. The smallest absolute Gasteiger partial charge is 0.343 e. The number of carbonyl (C=O) groups is 2. The summed E-state index contributed by atoms with van der Waals surface area (Å²) in [7, 11) is 1.53. The number of hydrogen-bond donors (Lipinski definition) is 0. The molecular formula is C22H16O5S. The molecule has 28 heavy (non-hydrogen) atoms. The third kappa shape index (κ3) is 3.42. The molecule has 0 unspecified atom stereocenters. The Bertz CT molecular complexity index is 1100. The molecule has 2 heterocycles. The van der Waals surface area contributed by atoms with Crippen LogP contribution >= 0.6 is 11.3 Å². The Hall–Kier alpha value is -3.38. The number of benzene rings is 2. The van der Waals surface area contributed by atoms with Gasteiger partial charge in [0.1, 0.15) is 17.2 Å². The molecule has 2 aromatic carbocycles. The number of hydrogen-bond acceptors (Lipinski definition) is 6. The van der Waals surface area contributed by atoms with Gasteiger partial charge in [-0.15, -0.1) is 11.3 Å². The van der Waals surface area contributed by atoms with E-state index in [1.165, 1.54) is 18.4 Å². The molecule has 6 heteroatoms. The topological polar surface area (TPSA) is 61.8 Å². The van der Waals surface area contributed by atoms with Crippen LogP contribution in [0.1, 0.15) is 31.2 Å². The average molecular weight is 392 g/mol. The number of fused-ring (bicyclic) bond motifs is 1. The maximum Gasteiger partial charge on any atom is 0.343 e. The molecule has 0 N–H and O–H groups in total. The number of rotatable bonds is 4. The molecular weight excluding hydrogens is 376 g/mol. The van der Waals surface area contributed by atoms with Crippen LogP contribution in [-0.4, -0.2) is 18.9 Å². The maximum atomic E-state index is 12.7. The highest BCUT2D eigenvalue weighted by Crippen LogP contribution is 2.38. The van der Waals surface area contributed by atoms with E-state index in [-0.39, 0.29) is 11.5 Å². The summed E-state index contributed by atoms with van der Waals surface area (Å²) in [6.07, 6.45) is 1.72. The van der Waals surface area contributed by atoms with Crippen molar-refractivity contribution in [3.05, 3.63) is 81.2 Å². The Morgan fingerprint density at radius 2 is 1.96 bits per heavy atom. The summed E-state index contributed by atoms with van der Waals surface area (Å²) >= 11 is 1.52. The van der Waals surface area contributed by atoms with Crippen molar-refractivity contribution in [3.8, 4) is 17.2 Å². The summed E-state index contributed by atoms with van der Waals surface area (Å²) in [5, 5.41) is 1.93. The molecule has 4 rings (SSSR count). The zero-order valence-electron chi connectivity index (χ0n) is 15.2. The number of aryl methyl sites for hydroxylation is 1. The summed E-state index contributed by atoms with van der Waals surface area (Å²) in [6, 6.07) is 13.7. The molecule has 5 nitrogen and oxygen atoms in total. The highest BCUT2D eigenvalue weighted by Gasteiger charge is 2.30. The minimum absolute atomic E-state index is 0.174. The van der Waals surface area contributed by atoms with Crippen LogP contribution in [0.4, 0.5) is 0 Å². The summed E-state index contributed by atoms with van der Waals surface area (Å²) < 4.78 is 16.4. The van der Waals surface area contributed by atoms with Gasteiger partial charge in [-0.05, 0) is 48.2 Å². The maximum absolute atomic E-state index is 12.7. The van der Waals surface area contributed by atoms with E-state index >= 15 is 0 Å². The molecule has 0 radical (unpaired) electrons. The predicted octanol–water partition coefficient (Wildman–Crippen LogP) is 4.90. The van der Waals surface area contributed by atoms with Crippen molar-refractivity contribution < 1.29 is 23.8 Å². The van der Waals surface area contributed by atoms with Crippen molar-refractivity contribution in [3.63, 3.8) is 0 Å². The molecule has 0 saturated heterocycles. The molecule has 0 bridgehead atoms. The standard InChI is InChI=1S/C22H16O5S/c1-13-9-16(26-22(24)14-5-3-6-15(10-14)25-2)11-18-20(13)21(23)19(27-18)12-17-7-4-8-28-17/h3-12H,1-2H3/b19-12-. The van der Waals surface area contributed by atoms with Crippen LogP contribution in [0.3, 0.4) is 0 Å². The molecule has 140 valence electrons. The number of methoxy groups -OCH3 is 1. The first-order chi connectivity index (χ1) is 13.5. The SMILES string of the molecule is COc1cccc(C(=O)Oc2cc(C)c3c(c2)O/C(=C\c2cccs2)C3=O)c1. The van der Waals surface area contributed by atoms with Gasteiger partial charge in [0, 0.05) is 17.0 Å². The van der Waals surface area contributed by atoms with Crippen molar-refractivity contribution in [2.24, 2.45) is 0 Å². The monoisotopic (exact) mass is 392 g/mol. The van der Waals surface area contributed by atoms with Gasteiger partial charge in [0.2, 0.25) is 5.78 Å². The van der Waals surface area contributed by atoms with Gasteiger partial charge in [-0.25, -0.2) is 4.79 Å². The summed E-state index contributed by atoms with van der Waals surface area (Å²) in [5.74, 6) is 0.840. The third-order valence-corrected chi connectivity index (χ3v) is 5.10. The minimum atomic E-state index is -0.517. The Labute approximate surface area is 165 Å². The molecule has 1 aromatic heterocycles. The van der Waals surface area contributed by atoms with Crippen molar-refractivity contribution in [2.45, 2.75) is 6.92 Å². The normalized spacial score (nSPS) is 13.9. The Morgan fingerprint density at radius 3 is 2.71 bits per heavy atom. The fourth-order valence-electron chi connectivity index (χ4n) is 2.95. The minimum Gasteiger partial charge on any atom is -0.497 e. The van der Waals surface area contributed by atoms with Crippen LogP contribution in [0.2, 0.25) is 0 Å². The molecule has 3 aromatic rings. The second kappa shape index (κ2) is 7.32. The number of Topliss-reactive ketones (excluding diaryl/α,β-unsaturated/α-hetero) is 1. The predicted molar refractivity (Wildman–Crippen MR) is 106 cm³/mol. The number of allylic oxidation sites excluding steroid dienone is 1. The Balaban J connectivity index is 1.60. The Kier molecular flexibility index (Phi) is 4.71. The second-order valence-electron chi connectivity index (χ2n) is 6.19. The van der Waals surface area contributed by atoms with Crippen LogP contribution in [0.5, 0.6) is 17.2 Å². The number of carbonyl (C=O) groups excluding carboxylic acids is 2. The highest BCUT2D eigenvalue weighted by atomic mass is 32.1. The fraction of sp³-hybridized carbons (Fsp3) is 0.0909. The molecule has 1 aliphatic heterocycles. The van der Waals surface area contributed by atoms with E-state index < -0.39 is 5.97 Å². The van der Waals surface area contributed by atoms with E-state index in [0.717, 1.165) is 4.88 Å². The van der Waals surface area contributed by atoms with E-state index in [2.05, 4.69) is 0 Å². The molecule has 0 aliphatic carbocycles. The van der Waals surface area contributed by atoms with E-state index in [1.54, 1.807) is 49.4 Å². The molecule has 0 saturated carbocycles. The van der Waals surface area contributed by atoms with E-state index in [4.69, 9.17) is 14.2 Å². The average Bonchev–Trinajstić information content (AvgIpc) is 3.30. The van der Waals surface area contributed by atoms with Gasteiger partial charge in [0.05, 0.1) is 18.2 Å². The van der Waals surface area contributed by atoms with Gasteiger partial charge in [-0.3, -0.25) is 4.79 Å². The van der Waals surface area contributed by atoms with E-state index in [9.17, 15) is 9.59 Å². The zero-order valence-corrected chi connectivity index (χ0v) is 16.0. The summed E-state index contributed by atoms with van der Waals surface area (Å²) in [6.45, 7) is 1.79. The van der Waals surface area contributed by atoms with Crippen LogP contribution in [0.25, 0.3) is 6.08 Å². The molecule has 0 amide bonds. The van der Waals surface area contributed by atoms with Gasteiger partial charge >= 0.3 is 5.97 Å². The van der Waals surface area contributed by atoms with Crippen molar-refractivity contribution in [1.29, 1.82) is 0 Å². The lowest BCUT2D eigenvalue weighted by atomic mass is 10.0. The van der Waals surface area contributed by atoms with Gasteiger partial charge in [-0.1, -0.05) is 12.1 Å². The quantitative estimate of drug-likeness (QED) is 0.359. The molecule has 0 atom stereocenters. The molecule has 0 fully saturated rings. The first kappa shape index (κ1) is 18.0. The van der Waals surface area contributed by atoms with Gasteiger partial charge in [-0.2, -0.15) is 0 Å². The lowest BCUT2D eigenvalue weighted by Crippen LogP contribution is -2.09. The highest BCUT2D eigenvalue weighted by molar-refractivity contribution is 7.10. The number of esters is 1. The lowest BCUT2D eigenvalue weighted by molar-refractivity contribution is 0.0734. The van der Waals surface area contributed by atoms with Gasteiger partial charge in [0.15, 0.2) is 5.76 Å². The summed E-state index contributed by atoms with van der Waals surface area (Å²) in [5.41, 5.74) is 1.54. The zero-order chi connectivity index (χ0) is 19.7. The molecule has 1 aliphatic rings. The lowest BCUT2D eigenvalue weighted by Gasteiger charge is -2.08. The third-order valence-electron chi connectivity index (χ3n) is 4.28.